The number of nitrogens with zero attached hydrogens (tertiary/aromatic N) is 2. The van der Waals surface area contributed by atoms with Crippen molar-refractivity contribution in [3.05, 3.63) is 22.5 Å². The third-order valence-electron chi connectivity index (χ3n) is 4.04. The first-order valence-electron chi connectivity index (χ1n) is 7.96. The fraction of sp³-hybridized carbons (Fsp3) is 0.444. The number of aromatic hydroxyl groups is 1. The molecule has 1 unspecified atom stereocenters. The van der Waals surface area contributed by atoms with Crippen molar-refractivity contribution in [3.63, 3.8) is 0 Å². The number of rotatable bonds is 5. The number of carboxylic acid groups (broad SMARTS) is 1. The Hall–Kier alpha value is -2.48. The van der Waals surface area contributed by atoms with Crippen LogP contribution in [0.5, 0.6) is 17.2 Å². The average Bonchev–Trinajstić information content (AvgIpc) is 3.03. The highest BCUT2D eigenvalue weighted by molar-refractivity contribution is 7.10. The Kier molecular flexibility index (Phi) is 5.65. The molecule has 0 aliphatic heterocycles. The second-order valence-corrected chi connectivity index (χ2v) is 7.85. The van der Waals surface area contributed by atoms with Gasteiger partial charge in [0.1, 0.15) is 5.01 Å². The Labute approximate surface area is 156 Å². The van der Waals surface area contributed by atoms with Crippen LogP contribution in [0.4, 0.5) is 4.79 Å². The van der Waals surface area contributed by atoms with Crippen LogP contribution in [0.25, 0.3) is 11.3 Å². The zero-order valence-corrected chi connectivity index (χ0v) is 16.5. The minimum Gasteiger partial charge on any atom is -0.502 e. The number of benzene rings is 1. The van der Waals surface area contributed by atoms with Crippen LogP contribution in [0.15, 0.2) is 17.5 Å². The summed E-state index contributed by atoms with van der Waals surface area (Å²) in [6, 6.07) is 2.95. The Bertz CT molecular complexity index is 772. The van der Waals surface area contributed by atoms with E-state index in [0.29, 0.717) is 16.3 Å². The summed E-state index contributed by atoms with van der Waals surface area (Å²) in [6.45, 7) is 5.93. The van der Waals surface area contributed by atoms with Crippen molar-refractivity contribution >= 4 is 17.4 Å². The maximum absolute atomic E-state index is 11.5. The normalized spacial score (nSPS) is 12.5. The van der Waals surface area contributed by atoms with Gasteiger partial charge in [0.05, 0.1) is 26.0 Å². The Morgan fingerprint density at radius 2 is 1.77 bits per heavy atom. The molecule has 2 rings (SSSR count). The molecule has 1 aromatic heterocycles. The molecule has 26 heavy (non-hydrogen) atoms. The molecule has 8 heteroatoms. The van der Waals surface area contributed by atoms with Gasteiger partial charge in [-0.05, 0) is 17.5 Å². The van der Waals surface area contributed by atoms with Crippen LogP contribution in [0.1, 0.15) is 31.8 Å². The molecule has 7 nitrogen and oxygen atoms in total. The van der Waals surface area contributed by atoms with Crippen molar-refractivity contribution in [3.8, 4) is 28.5 Å². The Morgan fingerprint density at radius 3 is 2.19 bits per heavy atom. The lowest BCUT2D eigenvalue weighted by molar-refractivity contribution is 0.0985. The van der Waals surface area contributed by atoms with E-state index < -0.39 is 6.09 Å². The first kappa shape index (κ1) is 19.8. The topological polar surface area (TPSA) is 92.1 Å². The summed E-state index contributed by atoms with van der Waals surface area (Å²) in [5, 5.41) is 22.0. The molecule has 0 saturated carbocycles. The van der Waals surface area contributed by atoms with Gasteiger partial charge in [-0.25, -0.2) is 9.78 Å². The van der Waals surface area contributed by atoms with E-state index in [0.717, 1.165) is 0 Å². The molecule has 0 saturated heterocycles. The van der Waals surface area contributed by atoms with Gasteiger partial charge in [-0.1, -0.05) is 20.8 Å². The Morgan fingerprint density at radius 1 is 1.23 bits per heavy atom. The van der Waals surface area contributed by atoms with Crippen molar-refractivity contribution in [2.75, 3.05) is 21.3 Å². The minimum absolute atomic E-state index is 0.0765. The van der Waals surface area contributed by atoms with Crippen LogP contribution < -0.4 is 9.47 Å². The van der Waals surface area contributed by atoms with Gasteiger partial charge in [0.2, 0.25) is 5.75 Å². The second kappa shape index (κ2) is 7.41. The van der Waals surface area contributed by atoms with Crippen LogP contribution in [-0.4, -0.2) is 47.5 Å². The molecule has 142 valence electrons. The van der Waals surface area contributed by atoms with Crippen molar-refractivity contribution in [2.45, 2.75) is 26.8 Å². The molecule has 1 atom stereocenters. The number of hydrogen-bond acceptors (Lipinski definition) is 6. The molecular weight excluding hydrogens is 356 g/mol. The number of hydrogen-bond donors (Lipinski definition) is 2. The molecule has 1 amide bonds. The number of phenols is 1. The van der Waals surface area contributed by atoms with E-state index in [1.54, 1.807) is 19.2 Å². The maximum Gasteiger partial charge on any atom is 0.407 e. The van der Waals surface area contributed by atoms with E-state index in [1.165, 1.54) is 30.5 Å². The summed E-state index contributed by atoms with van der Waals surface area (Å²) in [5.74, 6) is 0.486. The standard InChI is InChI=1S/C18H24N2O5S/c1-18(2,3)15(20(4)17(22)23)16-19-11(9-26-16)10-7-12(24-5)14(21)13(8-10)25-6/h7-9,15,21H,1-6H3,(H,22,23). The predicted octanol–water partition coefficient (Wildman–Crippen LogP) is 4.23. The second-order valence-electron chi connectivity index (χ2n) is 6.96. The quantitative estimate of drug-likeness (QED) is 0.806. The number of methoxy groups -OCH3 is 2. The summed E-state index contributed by atoms with van der Waals surface area (Å²) in [6.07, 6.45) is -1.00. The highest BCUT2D eigenvalue weighted by atomic mass is 32.1. The van der Waals surface area contributed by atoms with Gasteiger partial charge < -0.3 is 24.6 Å². The van der Waals surface area contributed by atoms with Gasteiger partial charge in [0.25, 0.3) is 0 Å². The lowest BCUT2D eigenvalue weighted by Gasteiger charge is -2.34. The molecule has 0 aliphatic rings. The van der Waals surface area contributed by atoms with Gasteiger partial charge in [0.15, 0.2) is 11.5 Å². The smallest absolute Gasteiger partial charge is 0.407 e. The summed E-state index contributed by atoms with van der Waals surface area (Å²) in [7, 11) is 4.47. The minimum atomic E-state index is -1.00. The van der Waals surface area contributed by atoms with E-state index in [9.17, 15) is 15.0 Å². The molecule has 0 spiro atoms. The van der Waals surface area contributed by atoms with Crippen molar-refractivity contribution in [1.82, 2.24) is 9.88 Å². The molecule has 0 fully saturated rings. The summed E-state index contributed by atoms with van der Waals surface area (Å²) in [5.41, 5.74) is 1.05. The zero-order chi connectivity index (χ0) is 19.6. The number of thiazole rings is 1. The predicted molar refractivity (Wildman–Crippen MR) is 100 cm³/mol. The number of phenolic OH excluding ortho intramolecular Hbond substituents is 1. The van der Waals surface area contributed by atoms with Gasteiger partial charge in [-0.3, -0.25) is 0 Å². The number of carbonyl (C=O) groups is 1. The van der Waals surface area contributed by atoms with Crippen LogP contribution in [-0.2, 0) is 0 Å². The van der Waals surface area contributed by atoms with Crippen molar-refractivity contribution in [1.29, 1.82) is 0 Å². The maximum atomic E-state index is 11.5. The van der Waals surface area contributed by atoms with Crippen LogP contribution in [0, 0.1) is 5.41 Å². The van der Waals surface area contributed by atoms with Gasteiger partial charge in [-0.15, -0.1) is 11.3 Å². The monoisotopic (exact) mass is 380 g/mol. The van der Waals surface area contributed by atoms with E-state index in [1.807, 2.05) is 26.2 Å². The third kappa shape index (κ3) is 3.85. The van der Waals surface area contributed by atoms with Crippen LogP contribution >= 0.6 is 11.3 Å². The summed E-state index contributed by atoms with van der Waals surface area (Å²) >= 11 is 1.40. The molecule has 2 N–H and O–H groups in total. The molecule has 0 radical (unpaired) electrons. The van der Waals surface area contributed by atoms with Gasteiger partial charge in [-0.2, -0.15) is 0 Å². The number of ether oxygens (including phenoxy) is 2. The third-order valence-corrected chi connectivity index (χ3v) is 4.94. The molecule has 1 aromatic carbocycles. The fourth-order valence-corrected chi connectivity index (χ4v) is 4.03. The summed E-state index contributed by atoms with van der Waals surface area (Å²) < 4.78 is 10.4. The van der Waals surface area contributed by atoms with Gasteiger partial charge >= 0.3 is 6.09 Å². The first-order chi connectivity index (χ1) is 12.1. The van der Waals surface area contributed by atoms with E-state index in [4.69, 9.17) is 9.47 Å². The molecule has 0 bridgehead atoms. The fourth-order valence-electron chi connectivity index (χ4n) is 2.81. The molecule has 2 aromatic rings. The number of amides is 1. The lowest BCUT2D eigenvalue weighted by Crippen LogP contribution is -2.37. The number of aromatic nitrogens is 1. The van der Waals surface area contributed by atoms with Crippen LogP contribution in [0.2, 0.25) is 0 Å². The lowest BCUT2D eigenvalue weighted by atomic mass is 9.86. The van der Waals surface area contributed by atoms with Crippen molar-refractivity contribution in [2.24, 2.45) is 5.41 Å². The Balaban J connectivity index is 2.50. The van der Waals surface area contributed by atoms with Crippen LogP contribution in [0.3, 0.4) is 0 Å². The highest BCUT2D eigenvalue weighted by Crippen LogP contribution is 2.43. The van der Waals surface area contributed by atoms with Gasteiger partial charge in [0, 0.05) is 18.0 Å². The first-order valence-corrected chi connectivity index (χ1v) is 8.84. The summed E-state index contributed by atoms with van der Waals surface area (Å²) in [4.78, 5) is 17.4. The largest absolute Gasteiger partial charge is 0.502 e. The average molecular weight is 380 g/mol. The zero-order valence-electron chi connectivity index (χ0n) is 15.7. The van der Waals surface area contributed by atoms with Crippen molar-refractivity contribution < 1.29 is 24.5 Å². The van der Waals surface area contributed by atoms with E-state index in [-0.39, 0.29) is 28.7 Å². The molecule has 1 heterocycles. The highest BCUT2D eigenvalue weighted by Gasteiger charge is 2.35. The SMILES string of the molecule is COc1cc(-c2csc(C(N(C)C(=O)O)C(C)(C)C)n2)cc(OC)c1O. The van der Waals surface area contributed by atoms with E-state index >= 15 is 0 Å². The van der Waals surface area contributed by atoms with E-state index in [2.05, 4.69) is 4.98 Å². The molecular formula is C18H24N2O5S. The molecule has 0 aliphatic carbocycles.